The van der Waals surface area contributed by atoms with Crippen LogP contribution in [0.4, 0.5) is 11.4 Å². The van der Waals surface area contributed by atoms with Crippen molar-refractivity contribution in [1.82, 2.24) is 0 Å². The number of anilines is 1. The lowest BCUT2D eigenvalue weighted by Gasteiger charge is -2.12. The Labute approximate surface area is 101 Å². The Bertz CT molecular complexity index is 412. The molecule has 0 radical (unpaired) electrons. The van der Waals surface area contributed by atoms with E-state index in [9.17, 15) is 10.1 Å². The van der Waals surface area contributed by atoms with E-state index >= 15 is 0 Å². The van der Waals surface area contributed by atoms with Crippen molar-refractivity contribution in [3.8, 4) is 0 Å². The third kappa shape index (κ3) is 2.75. The van der Waals surface area contributed by atoms with Crippen molar-refractivity contribution in [3.05, 3.63) is 33.9 Å². The SMILES string of the molecule is Cc1cccc(NCC2CCCC2)c1[N+](=O)[O-]. The maximum atomic E-state index is 11.0. The third-order valence-corrected chi connectivity index (χ3v) is 3.48. The molecule has 0 aliphatic heterocycles. The zero-order valence-electron chi connectivity index (χ0n) is 10.1. The van der Waals surface area contributed by atoms with Crippen LogP contribution >= 0.6 is 0 Å². The molecule has 1 fully saturated rings. The second-order valence-electron chi connectivity index (χ2n) is 4.76. The molecular weight excluding hydrogens is 216 g/mol. The highest BCUT2D eigenvalue weighted by Gasteiger charge is 2.19. The molecule has 0 amide bonds. The van der Waals surface area contributed by atoms with Gasteiger partial charge in [0.15, 0.2) is 0 Å². The molecule has 1 N–H and O–H groups in total. The van der Waals surface area contributed by atoms with Crippen LogP contribution in [0.5, 0.6) is 0 Å². The normalized spacial score (nSPS) is 16.1. The van der Waals surface area contributed by atoms with Gasteiger partial charge in [-0.1, -0.05) is 25.0 Å². The summed E-state index contributed by atoms with van der Waals surface area (Å²) in [6.45, 7) is 2.63. The Hall–Kier alpha value is -1.58. The van der Waals surface area contributed by atoms with Crippen molar-refractivity contribution in [2.75, 3.05) is 11.9 Å². The molecular formula is C13H18N2O2. The summed E-state index contributed by atoms with van der Waals surface area (Å²) >= 11 is 0. The van der Waals surface area contributed by atoms with Gasteiger partial charge in [-0.05, 0) is 31.7 Å². The average molecular weight is 234 g/mol. The maximum absolute atomic E-state index is 11.0. The van der Waals surface area contributed by atoms with Gasteiger partial charge in [0.1, 0.15) is 5.69 Å². The van der Waals surface area contributed by atoms with Crippen LogP contribution in [0.1, 0.15) is 31.2 Å². The van der Waals surface area contributed by atoms with Gasteiger partial charge in [0.05, 0.1) is 4.92 Å². The molecule has 4 nitrogen and oxygen atoms in total. The van der Waals surface area contributed by atoms with Gasteiger partial charge >= 0.3 is 0 Å². The minimum absolute atomic E-state index is 0.213. The van der Waals surface area contributed by atoms with E-state index in [0.29, 0.717) is 17.2 Å². The number of hydrogen-bond donors (Lipinski definition) is 1. The highest BCUT2D eigenvalue weighted by Crippen LogP contribution is 2.30. The number of nitro benzene ring substituents is 1. The largest absolute Gasteiger partial charge is 0.379 e. The smallest absolute Gasteiger partial charge is 0.295 e. The number of aryl methyl sites for hydroxylation is 1. The van der Waals surface area contributed by atoms with Crippen LogP contribution in [0, 0.1) is 23.0 Å². The van der Waals surface area contributed by atoms with E-state index in [4.69, 9.17) is 0 Å². The van der Waals surface area contributed by atoms with Crippen LogP contribution < -0.4 is 5.32 Å². The summed E-state index contributed by atoms with van der Waals surface area (Å²) < 4.78 is 0. The molecule has 2 rings (SSSR count). The summed E-state index contributed by atoms with van der Waals surface area (Å²) in [6.07, 6.45) is 5.07. The first-order chi connectivity index (χ1) is 8.18. The van der Waals surface area contributed by atoms with E-state index < -0.39 is 0 Å². The van der Waals surface area contributed by atoms with E-state index in [1.165, 1.54) is 25.7 Å². The monoisotopic (exact) mass is 234 g/mol. The quantitative estimate of drug-likeness (QED) is 0.640. The summed E-state index contributed by atoms with van der Waals surface area (Å²) in [4.78, 5) is 10.7. The minimum atomic E-state index is -0.299. The molecule has 0 saturated heterocycles. The first-order valence-corrected chi connectivity index (χ1v) is 6.16. The molecule has 92 valence electrons. The predicted molar refractivity (Wildman–Crippen MR) is 68.3 cm³/mol. The van der Waals surface area contributed by atoms with Crippen LogP contribution in [0.25, 0.3) is 0 Å². The molecule has 4 heteroatoms. The number of nitrogens with zero attached hydrogens (tertiary/aromatic N) is 1. The molecule has 1 aromatic carbocycles. The van der Waals surface area contributed by atoms with Crippen LogP contribution in [0.3, 0.4) is 0 Å². The standard InChI is InChI=1S/C13H18N2O2/c1-10-5-4-8-12(13(10)15(16)17)14-9-11-6-2-3-7-11/h4-5,8,11,14H,2-3,6-7,9H2,1H3. The van der Waals surface area contributed by atoms with Crippen LogP contribution in [0.15, 0.2) is 18.2 Å². The van der Waals surface area contributed by atoms with E-state index in [0.717, 1.165) is 6.54 Å². The molecule has 1 aliphatic rings. The Morgan fingerprint density at radius 2 is 2.12 bits per heavy atom. The number of rotatable bonds is 4. The van der Waals surface area contributed by atoms with E-state index in [1.807, 2.05) is 6.07 Å². The van der Waals surface area contributed by atoms with Crippen LogP contribution in [-0.2, 0) is 0 Å². The van der Waals surface area contributed by atoms with Crippen molar-refractivity contribution in [2.24, 2.45) is 5.92 Å². The number of para-hydroxylation sites is 1. The molecule has 0 bridgehead atoms. The van der Waals surface area contributed by atoms with Crippen molar-refractivity contribution in [1.29, 1.82) is 0 Å². The van der Waals surface area contributed by atoms with Gasteiger partial charge in [-0.25, -0.2) is 0 Å². The third-order valence-electron chi connectivity index (χ3n) is 3.48. The molecule has 0 spiro atoms. The second kappa shape index (κ2) is 5.17. The number of nitro groups is 1. The molecule has 0 unspecified atom stereocenters. The summed E-state index contributed by atoms with van der Waals surface area (Å²) in [7, 11) is 0. The Morgan fingerprint density at radius 1 is 1.41 bits per heavy atom. The zero-order chi connectivity index (χ0) is 12.3. The fourth-order valence-corrected chi connectivity index (χ4v) is 2.51. The van der Waals surface area contributed by atoms with Crippen LogP contribution in [0.2, 0.25) is 0 Å². The van der Waals surface area contributed by atoms with Crippen molar-refractivity contribution >= 4 is 11.4 Å². The lowest BCUT2D eigenvalue weighted by molar-refractivity contribution is -0.384. The molecule has 0 atom stereocenters. The summed E-state index contributed by atoms with van der Waals surface area (Å²) in [5.41, 5.74) is 1.58. The Balaban J connectivity index is 2.09. The summed E-state index contributed by atoms with van der Waals surface area (Å²) in [5.74, 6) is 0.676. The topological polar surface area (TPSA) is 55.2 Å². The predicted octanol–water partition coefficient (Wildman–Crippen LogP) is 3.51. The Kier molecular flexibility index (Phi) is 3.61. The van der Waals surface area contributed by atoms with E-state index in [1.54, 1.807) is 19.1 Å². The highest BCUT2D eigenvalue weighted by molar-refractivity contribution is 5.64. The van der Waals surface area contributed by atoms with Gasteiger partial charge in [0.25, 0.3) is 5.69 Å². The second-order valence-corrected chi connectivity index (χ2v) is 4.76. The first kappa shape index (κ1) is 11.9. The number of nitrogens with one attached hydrogen (secondary N) is 1. The van der Waals surface area contributed by atoms with Gasteiger partial charge < -0.3 is 5.32 Å². The molecule has 1 aliphatic carbocycles. The first-order valence-electron chi connectivity index (χ1n) is 6.16. The van der Waals surface area contributed by atoms with Gasteiger partial charge in [0.2, 0.25) is 0 Å². The van der Waals surface area contributed by atoms with Gasteiger partial charge in [-0.15, -0.1) is 0 Å². The van der Waals surface area contributed by atoms with Crippen LogP contribution in [-0.4, -0.2) is 11.5 Å². The summed E-state index contributed by atoms with van der Waals surface area (Å²) in [5, 5.41) is 14.2. The van der Waals surface area contributed by atoms with Gasteiger partial charge in [0, 0.05) is 12.1 Å². The average Bonchev–Trinajstić information content (AvgIpc) is 2.78. The Morgan fingerprint density at radius 3 is 2.76 bits per heavy atom. The van der Waals surface area contributed by atoms with Gasteiger partial charge in [-0.2, -0.15) is 0 Å². The molecule has 0 heterocycles. The molecule has 0 aromatic heterocycles. The summed E-state index contributed by atoms with van der Waals surface area (Å²) in [6, 6.07) is 5.43. The van der Waals surface area contributed by atoms with Gasteiger partial charge in [-0.3, -0.25) is 10.1 Å². The number of hydrogen-bond acceptors (Lipinski definition) is 3. The molecule has 1 aromatic rings. The van der Waals surface area contributed by atoms with Crippen molar-refractivity contribution < 1.29 is 4.92 Å². The minimum Gasteiger partial charge on any atom is -0.379 e. The lowest BCUT2D eigenvalue weighted by Crippen LogP contribution is -2.12. The number of benzene rings is 1. The highest BCUT2D eigenvalue weighted by atomic mass is 16.6. The maximum Gasteiger partial charge on any atom is 0.295 e. The van der Waals surface area contributed by atoms with E-state index in [-0.39, 0.29) is 10.6 Å². The lowest BCUT2D eigenvalue weighted by atomic mass is 10.1. The molecule has 1 saturated carbocycles. The van der Waals surface area contributed by atoms with Crippen molar-refractivity contribution in [2.45, 2.75) is 32.6 Å². The van der Waals surface area contributed by atoms with E-state index in [2.05, 4.69) is 5.32 Å². The molecule has 17 heavy (non-hydrogen) atoms. The fraction of sp³-hybridized carbons (Fsp3) is 0.538. The zero-order valence-corrected chi connectivity index (χ0v) is 10.1. The van der Waals surface area contributed by atoms with Crippen molar-refractivity contribution in [3.63, 3.8) is 0 Å². The fourth-order valence-electron chi connectivity index (χ4n) is 2.51.